The van der Waals surface area contributed by atoms with Crippen LogP contribution in [0, 0.1) is 5.92 Å². The maximum atomic E-state index is 12.5. The standard InChI is InChI=1S/C19H27N3O3/c1-19(2,11-20)25-18(24)14-9-16(21-10-14)17(23)22-15-7-6-12-4-3-5-13(12)8-15/h6-8,14,16,21H,3-5,9-11,20H2,1-2H3,(H,22,23)/t14?,16-/m0/s1. The summed E-state index contributed by atoms with van der Waals surface area (Å²) >= 11 is 0. The number of benzene rings is 1. The molecular weight excluding hydrogens is 318 g/mol. The molecule has 1 saturated heterocycles. The van der Waals surface area contributed by atoms with Gasteiger partial charge in [0, 0.05) is 18.8 Å². The minimum atomic E-state index is -0.679. The Kier molecular flexibility index (Phi) is 5.11. The number of nitrogens with one attached hydrogen (secondary N) is 2. The third-order valence-corrected chi connectivity index (χ3v) is 5.02. The van der Waals surface area contributed by atoms with Gasteiger partial charge in [-0.15, -0.1) is 0 Å². The molecule has 1 fully saturated rings. The molecule has 25 heavy (non-hydrogen) atoms. The van der Waals surface area contributed by atoms with E-state index < -0.39 is 5.60 Å². The molecule has 1 aliphatic heterocycles. The first-order chi connectivity index (χ1) is 11.9. The summed E-state index contributed by atoms with van der Waals surface area (Å²) in [5.41, 5.74) is 8.44. The van der Waals surface area contributed by atoms with Gasteiger partial charge in [-0.2, -0.15) is 0 Å². The van der Waals surface area contributed by atoms with Crippen LogP contribution in [0.15, 0.2) is 18.2 Å². The van der Waals surface area contributed by atoms with Crippen molar-refractivity contribution in [2.75, 3.05) is 18.4 Å². The number of carbonyl (C=O) groups excluding carboxylic acids is 2. The van der Waals surface area contributed by atoms with Gasteiger partial charge in [0.05, 0.1) is 12.0 Å². The summed E-state index contributed by atoms with van der Waals surface area (Å²) in [5.74, 6) is -0.719. The van der Waals surface area contributed by atoms with Gasteiger partial charge >= 0.3 is 5.97 Å². The van der Waals surface area contributed by atoms with Crippen LogP contribution in [0.4, 0.5) is 5.69 Å². The number of hydrogen-bond donors (Lipinski definition) is 3. The SMILES string of the molecule is CC(C)(CN)OC(=O)C1CN[C@H](C(=O)Nc2ccc3c(c2)CCC3)C1. The second-order valence-electron chi connectivity index (χ2n) is 7.60. The molecule has 0 radical (unpaired) electrons. The topological polar surface area (TPSA) is 93.4 Å². The molecule has 3 rings (SSSR count). The van der Waals surface area contributed by atoms with Gasteiger partial charge in [0.1, 0.15) is 5.60 Å². The third kappa shape index (κ3) is 4.19. The average Bonchev–Trinajstić information content (AvgIpc) is 3.23. The van der Waals surface area contributed by atoms with Crippen molar-refractivity contribution in [3.63, 3.8) is 0 Å². The van der Waals surface area contributed by atoms with Crippen molar-refractivity contribution in [3.05, 3.63) is 29.3 Å². The maximum Gasteiger partial charge on any atom is 0.310 e. The molecule has 0 spiro atoms. The van der Waals surface area contributed by atoms with Crippen LogP contribution >= 0.6 is 0 Å². The Balaban J connectivity index is 1.55. The molecule has 4 N–H and O–H groups in total. The fourth-order valence-electron chi connectivity index (χ4n) is 3.39. The van der Waals surface area contributed by atoms with Gasteiger partial charge in [0.15, 0.2) is 0 Å². The summed E-state index contributed by atoms with van der Waals surface area (Å²) in [6, 6.07) is 5.72. The summed E-state index contributed by atoms with van der Waals surface area (Å²) in [5, 5.41) is 6.08. The lowest BCUT2D eigenvalue weighted by atomic mass is 10.0. The number of nitrogens with two attached hydrogens (primary N) is 1. The van der Waals surface area contributed by atoms with E-state index in [-0.39, 0.29) is 30.4 Å². The fraction of sp³-hybridized carbons (Fsp3) is 0.579. The number of esters is 1. The largest absolute Gasteiger partial charge is 0.458 e. The highest BCUT2D eigenvalue weighted by Gasteiger charge is 2.36. The number of aryl methyl sites for hydroxylation is 2. The predicted octanol–water partition coefficient (Wildman–Crippen LogP) is 1.37. The van der Waals surface area contributed by atoms with E-state index in [0.717, 1.165) is 18.5 Å². The van der Waals surface area contributed by atoms with Crippen molar-refractivity contribution in [2.45, 2.75) is 51.2 Å². The molecule has 2 atom stereocenters. The van der Waals surface area contributed by atoms with Crippen molar-refractivity contribution in [2.24, 2.45) is 11.7 Å². The molecular formula is C19H27N3O3. The van der Waals surface area contributed by atoms with Crippen LogP contribution in [0.3, 0.4) is 0 Å². The Morgan fingerprint density at radius 3 is 2.84 bits per heavy atom. The Bertz CT molecular complexity index is 672. The van der Waals surface area contributed by atoms with E-state index in [4.69, 9.17) is 10.5 Å². The predicted molar refractivity (Wildman–Crippen MR) is 96.2 cm³/mol. The van der Waals surface area contributed by atoms with Crippen molar-refractivity contribution in [1.29, 1.82) is 0 Å². The number of amides is 1. The number of anilines is 1. The molecule has 1 aromatic carbocycles. The van der Waals surface area contributed by atoms with Gasteiger partial charge in [-0.3, -0.25) is 9.59 Å². The van der Waals surface area contributed by atoms with Crippen LogP contribution in [0.1, 0.15) is 37.8 Å². The highest BCUT2D eigenvalue weighted by atomic mass is 16.6. The number of rotatable bonds is 5. The highest BCUT2D eigenvalue weighted by molar-refractivity contribution is 5.95. The Morgan fingerprint density at radius 2 is 2.08 bits per heavy atom. The molecule has 2 aliphatic rings. The van der Waals surface area contributed by atoms with E-state index in [1.165, 1.54) is 17.5 Å². The lowest BCUT2D eigenvalue weighted by Crippen LogP contribution is -2.38. The molecule has 1 amide bonds. The van der Waals surface area contributed by atoms with Crippen LogP contribution in [0.25, 0.3) is 0 Å². The molecule has 1 heterocycles. The monoisotopic (exact) mass is 345 g/mol. The van der Waals surface area contributed by atoms with Gasteiger partial charge in [0.2, 0.25) is 5.91 Å². The van der Waals surface area contributed by atoms with Crippen molar-refractivity contribution >= 4 is 17.6 Å². The number of fused-ring (bicyclic) bond motifs is 1. The zero-order chi connectivity index (χ0) is 18.0. The normalized spacial score (nSPS) is 22.5. The number of carbonyl (C=O) groups is 2. The maximum absolute atomic E-state index is 12.5. The summed E-state index contributed by atoms with van der Waals surface area (Å²) in [4.78, 5) is 24.7. The van der Waals surface area contributed by atoms with E-state index in [1.54, 1.807) is 13.8 Å². The molecule has 0 bridgehead atoms. The van der Waals surface area contributed by atoms with Crippen molar-refractivity contribution in [3.8, 4) is 0 Å². The second kappa shape index (κ2) is 7.14. The van der Waals surface area contributed by atoms with Crippen LogP contribution < -0.4 is 16.4 Å². The van der Waals surface area contributed by atoms with E-state index in [0.29, 0.717) is 13.0 Å². The van der Waals surface area contributed by atoms with E-state index >= 15 is 0 Å². The van der Waals surface area contributed by atoms with Gasteiger partial charge in [-0.25, -0.2) is 0 Å². The Morgan fingerprint density at radius 1 is 1.32 bits per heavy atom. The number of ether oxygens (including phenoxy) is 1. The van der Waals surface area contributed by atoms with Crippen LogP contribution in [0.2, 0.25) is 0 Å². The summed E-state index contributed by atoms with van der Waals surface area (Å²) in [6.07, 6.45) is 3.82. The lowest BCUT2D eigenvalue weighted by molar-refractivity contribution is -0.160. The molecule has 1 unspecified atom stereocenters. The zero-order valence-corrected chi connectivity index (χ0v) is 14.9. The smallest absolute Gasteiger partial charge is 0.310 e. The minimum Gasteiger partial charge on any atom is -0.458 e. The van der Waals surface area contributed by atoms with Crippen molar-refractivity contribution in [1.82, 2.24) is 5.32 Å². The Hall–Kier alpha value is -1.92. The fourth-order valence-corrected chi connectivity index (χ4v) is 3.39. The molecule has 0 aromatic heterocycles. The van der Waals surface area contributed by atoms with Crippen molar-refractivity contribution < 1.29 is 14.3 Å². The quantitative estimate of drug-likeness (QED) is 0.701. The molecule has 1 aliphatic carbocycles. The Labute approximate surface area is 148 Å². The molecule has 136 valence electrons. The second-order valence-corrected chi connectivity index (χ2v) is 7.60. The van der Waals surface area contributed by atoms with Gasteiger partial charge in [0.25, 0.3) is 0 Å². The van der Waals surface area contributed by atoms with Crippen LogP contribution in [-0.4, -0.2) is 36.6 Å². The average molecular weight is 345 g/mol. The van der Waals surface area contributed by atoms with Gasteiger partial charge in [-0.1, -0.05) is 6.07 Å². The highest BCUT2D eigenvalue weighted by Crippen LogP contribution is 2.25. The van der Waals surface area contributed by atoms with E-state index in [2.05, 4.69) is 22.8 Å². The minimum absolute atomic E-state index is 0.105. The molecule has 6 heteroatoms. The summed E-state index contributed by atoms with van der Waals surface area (Å²) < 4.78 is 5.43. The molecule has 0 saturated carbocycles. The van der Waals surface area contributed by atoms with Gasteiger partial charge < -0.3 is 21.1 Å². The zero-order valence-electron chi connectivity index (χ0n) is 14.9. The first kappa shape index (κ1) is 17.9. The summed E-state index contributed by atoms with van der Waals surface area (Å²) in [7, 11) is 0. The lowest BCUT2D eigenvalue weighted by Gasteiger charge is -2.24. The number of hydrogen-bond acceptors (Lipinski definition) is 5. The van der Waals surface area contributed by atoms with Crippen LogP contribution in [0.5, 0.6) is 0 Å². The summed E-state index contributed by atoms with van der Waals surface area (Å²) in [6.45, 7) is 4.28. The van der Waals surface area contributed by atoms with Crippen LogP contribution in [-0.2, 0) is 27.2 Å². The molecule has 6 nitrogen and oxygen atoms in total. The first-order valence-corrected chi connectivity index (χ1v) is 8.97. The van der Waals surface area contributed by atoms with Gasteiger partial charge in [-0.05, 0) is 62.8 Å². The molecule has 1 aromatic rings. The first-order valence-electron chi connectivity index (χ1n) is 8.97. The third-order valence-electron chi connectivity index (χ3n) is 5.02. The van der Waals surface area contributed by atoms with E-state index in [1.807, 2.05) is 6.07 Å². The van der Waals surface area contributed by atoms with E-state index in [9.17, 15) is 9.59 Å².